The van der Waals surface area contributed by atoms with Gasteiger partial charge in [-0.2, -0.15) is 0 Å². The van der Waals surface area contributed by atoms with Gasteiger partial charge in [0.15, 0.2) is 0 Å². The maximum atomic E-state index is 11.1. The maximum Gasteiger partial charge on any atom is 0.597 e. The zero-order valence-corrected chi connectivity index (χ0v) is 10.9. The summed E-state index contributed by atoms with van der Waals surface area (Å²) in [7, 11) is 4.65. The zero-order valence-electron chi connectivity index (χ0n) is 10.9. The van der Waals surface area contributed by atoms with Crippen molar-refractivity contribution in [1.29, 1.82) is 0 Å². The Hall–Kier alpha value is -1.57. The molecule has 0 bridgehead atoms. The van der Waals surface area contributed by atoms with Gasteiger partial charge in [0, 0.05) is 20.8 Å². The molecule has 0 saturated carbocycles. The molecule has 0 amide bonds. The van der Waals surface area contributed by atoms with Crippen LogP contribution in [0, 0.1) is 0 Å². The topological polar surface area (TPSA) is 78.9 Å². The largest absolute Gasteiger partial charge is 0.597 e. The summed E-state index contributed by atoms with van der Waals surface area (Å²) in [4.78, 5) is 33.2. The van der Waals surface area contributed by atoms with Gasteiger partial charge in [0.25, 0.3) is 0 Å². The average molecular weight is 263 g/mol. The summed E-state index contributed by atoms with van der Waals surface area (Å²) in [5.41, 5.74) is 0. The van der Waals surface area contributed by atoms with Crippen molar-refractivity contribution in [1.82, 2.24) is 0 Å². The van der Waals surface area contributed by atoms with Gasteiger partial charge in [0.1, 0.15) is 0 Å². The Morgan fingerprint density at radius 1 is 0.778 bits per heavy atom. The van der Waals surface area contributed by atoms with Crippen LogP contribution in [0.4, 0.5) is 0 Å². The van der Waals surface area contributed by atoms with Gasteiger partial charge in [0.05, 0.1) is 21.1 Å². The van der Waals surface area contributed by atoms with Crippen molar-refractivity contribution < 1.29 is 33.1 Å². The standard InChI is InChI=1S/C10H18NO6.BH4/c1-7(12)15-10(11(4,5)6,16-8(2)13)17-9(3)14;/h1-6H3;1H4/q+1;-1. The third-order valence-corrected chi connectivity index (χ3v) is 1.64. The summed E-state index contributed by atoms with van der Waals surface area (Å²) in [6.45, 7) is 3.37. The predicted octanol–water partition coefficient (Wildman–Crippen LogP) is -1.46. The van der Waals surface area contributed by atoms with Crippen molar-refractivity contribution in [2.75, 3.05) is 21.1 Å². The minimum atomic E-state index is -2.11. The number of ether oxygens (including phenoxy) is 3. The predicted molar refractivity (Wildman–Crippen MR) is 67.4 cm³/mol. The lowest BCUT2D eigenvalue weighted by molar-refractivity contribution is -1.00. The van der Waals surface area contributed by atoms with Gasteiger partial charge < -0.3 is 14.2 Å². The lowest BCUT2D eigenvalue weighted by Crippen LogP contribution is -2.64. The van der Waals surface area contributed by atoms with Crippen molar-refractivity contribution in [2.24, 2.45) is 0 Å². The van der Waals surface area contributed by atoms with Crippen molar-refractivity contribution in [3.8, 4) is 0 Å². The van der Waals surface area contributed by atoms with E-state index in [4.69, 9.17) is 14.2 Å². The van der Waals surface area contributed by atoms with Gasteiger partial charge in [-0.05, 0) is 0 Å². The Balaban J connectivity index is 0. The van der Waals surface area contributed by atoms with Crippen LogP contribution in [-0.4, -0.2) is 58.0 Å². The molecule has 0 atom stereocenters. The molecule has 0 aromatic carbocycles. The molecule has 0 aromatic heterocycles. The molecular formula is C10H22BNO6. The van der Waals surface area contributed by atoms with Crippen molar-refractivity contribution in [3.05, 3.63) is 0 Å². The summed E-state index contributed by atoms with van der Waals surface area (Å²) in [5, 5.41) is 0. The van der Waals surface area contributed by atoms with Gasteiger partial charge in [-0.3, -0.25) is 14.4 Å². The van der Waals surface area contributed by atoms with Crippen LogP contribution in [0.3, 0.4) is 0 Å². The van der Waals surface area contributed by atoms with Crippen LogP contribution in [-0.2, 0) is 28.6 Å². The van der Waals surface area contributed by atoms with E-state index in [0.717, 1.165) is 20.8 Å². The molecule has 0 rings (SSSR count). The van der Waals surface area contributed by atoms with E-state index in [9.17, 15) is 14.4 Å². The second-order valence-electron chi connectivity index (χ2n) is 4.32. The molecule has 0 aliphatic heterocycles. The molecule has 7 nitrogen and oxygen atoms in total. The van der Waals surface area contributed by atoms with E-state index >= 15 is 0 Å². The molecule has 0 aliphatic carbocycles. The summed E-state index contributed by atoms with van der Waals surface area (Å²) >= 11 is 0. The molecule has 18 heavy (non-hydrogen) atoms. The van der Waals surface area contributed by atoms with Crippen LogP contribution in [0.15, 0.2) is 0 Å². The van der Waals surface area contributed by atoms with Gasteiger partial charge in [0.2, 0.25) is 0 Å². The monoisotopic (exact) mass is 263 g/mol. The van der Waals surface area contributed by atoms with Gasteiger partial charge in [-0.15, -0.1) is 0 Å². The lowest BCUT2D eigenvalue weighted by Gasteiger charge is -2.38. The fourth-order valence-corrected chi connectivity index (χ4v) is 1.02. The van der Waals surface area contributed by atoms with Crippen molar-refractivity contribution in [3.63, 3.8) is 0 Å². The van der Waals surface area contributed by atoms with Gasteiger partial charge in [-0.25, -0.2) is 4.48 Å². The highest BCUT2D eigenvalue weighted by molar-refractivity contribution is 5.75. The molecule has 0 saturated heterocycles. The van der Waals surface area contributed by atoms with Crippen LogP contribution in [0.5, 0.6) is 0 Å². The van der Waals surface area contributed by atoms with E-state index in [-0.39, 0.29) is 12.9 Å². The van der Waals surface area contributed by atoms with E-state index in [2.05, 4.69) is 0 Å². The maximum absolute atomic E-state index is 11.1. The molecule has 0 heterocycles. The molecule has 8 heteroatoms. The van der Waals surface area contributed by atoms with Crippen LogP contribution < -0.4 is 0 Å². The second-order valence-corrected chi connectivity index (χ2v) is 4.32. The number of carbonyl (C=O) groups excluding carboxylic acids is 3. The van der Waals surface area contributed by atoms with E-state index in [1.54, 1.807) is 21.1 Å². The van der Waals surface area contributed by atoms with E-state index in [0.29, 0.717) is 0 Å². The number of hydrogen-bond donors (Lipinski definition) is 0. The first-order chi connectivity index (χ1) is 7.50. The molecule has 0 fully saturated rings. The normalized spacial score (nSPS) is 11.0. The third-order valence-electron chi connectivity index (χ3n) is 1.64. The highest BCUT2D eigenvalue weighted by atomic mass is 16.9. The van der Waals surface area contributed by atoms with Crippen molar-refractivity contribution >= 4 is 26.3 Å². The molecule has 106 valence electrons. The van der Waals surface area contributed by atoms with E-state index in [1.165, 1.54) is 0 Å². The zero-order chi connectivity index (χ0) is 13.9. The Labute approximate surface area is 108 Å². The Bertz CT molecular complexity index is 295. The average Bonchev–Trinajstić information content (AvgIpc) is 1.96. The fourth-order valence-electron chi connectivity index (χ4n) is 1.02. The first-order valence-electron chi connectivity index (χ1n) is 4.90. The Morgan fingerprint density at radius 3 is 1.11 bits per heavy atom. The summed E-state index contributed by atoms with van der Waals surface area (Å²) in [6, 6.07) is 0. The number of rotatable bonds is 4. The highest BCUT2D eigenvalue weighted by Gasteiger charge is 2.56. The number of quaternary nitrogens is 1. The first-order valence-corrected chi connectivity index (χ1v) is 4.90. The number of nitrogens with zero attached hydrogens (tertiary/aromatic N) is 1. The van der Waals surface area contributed by atoms with Crippen LogP contribution in [0.25, 0.3) is 0 Å². The van der Waals surface area contributed by atoms with E-state index in [1.807, 2.05) is 0 Å². The quantitative estimate of drug-likeness (QED) is 0.267. The molecule has 0 unspecified atom stereocenters. The SMILES string of the molecule is CC(=O)OC(OC(C)=O)(OC(C)=O)[N+](C)(C)C.[BH4-]. The minimum absolute atomic E-state index is 0. The number of carbonyl (C=O) groups is 3. The summed E-state index contributed by atoms with van der Waals surface area (Å²) in [6.07, 6.45) is -2.11. The van der Waals surface area contributed by atoms with Crippen LogP contribution in [0.2, 0.25) is 0 Å². The molecule has 0 radical (unpaired) electrons. The number of esters is 3. The molecule has 0 aromatic rings. The molecule has 0 spiro atoms. The molecule has 0 aliphatic rings. The molecular weight excluding hydrogens is 241 g/mol. The first kappa shape index (κ1) is 18.8. The van der Waals surface area contributed by atoms with Gasteiger partial charge >= 0.3 is 24.0 Å². The van der Waals surface area contributed by atoms with Crippen LogP contribution in [0.1, 0.15) is 20.8 Å². The summed E-state index contributed by atoms with van der Waals surface area (Å²) in [5.74, 6) is -2.21. The second kappa shape index (κ2) is 6.39. The highest BCUT2D eigenvalue weighted by Crippen LogP contribution is 2.25. The third kappa shape index (κ3) is 5.18. The minimum Gasteiger partial charge on any atom is -0.339 e. The number of hydrogen-bond acceptors (Lipinski definition) is 6. The lowest BCUT2D eigenvalue weighted by atomic mass is 10.6. The van der Waals surface area contributed by atoms with Crippen LogP contribution >= 0.6 is 0 Å². The van der Waals surface area contributed by atoms with Crippen molar-refractivity contribution in [2.45, 2.75) is 26.9 Å². The Kier molecular flexibility index (Phi) is 6.67. The fraction of sp³-hybridized carbons (Fsp3) is 0.700. The smallest absolute Gasteiger partial charge is 0.339 e. The molecule has 0 N–H and O–H groups in total. The van der Waals surface area contributed by atoms with E-state index < -0.39 is 24.0 Å². The van der Waals surface area contributed by atoms with Gasteiger partial charge in [-0.1, -0.05) is 8.41 Å². The summed E-state index contributed by atoms with van der Waals surface area (Å²) < 4.78 is 14.4. The Morgan fingerprint density at radius 2 is 1.00 bits per heavy atom.